The summed E-state index contributed by atoms with van der Waals surface area (Å²) in [5.74, 6) is -2.34. The van der Waals surface area contributed by atoms with Gasteiger partial charge in [0.1, 0.15) is 17.8 Å². The van der Waals surface area contributed by atoms with E-state index in [1.807, 2.05) is 4.90 Å². The molecule has 3 fully saturated rings. The Morgan fingerprint density at radius 2 is 1.97 bits per heavy atom. The molecule has 1 aromatic rings. The van der Waals surface area contributed by atoms with Crippen LogP contribution in [0.25, 0.3) is 0 Å². The van der Waals surface area contributed by atoms with Gasteiger partial charge >= 0.3 is 0 Å². The summed E-state index contributed by atoms with van der Waals surface area (Å²) in [4.78, 5) is 49.3. The van der Waals surface area contributed by atoms with Crippen molar-refractivity contribution in [1.82, 2.24) is 25.0 Å². The lowest BCUT2D eigenvalue weighted by atomic mass is 9.98. The summed E-state index contributed by atoms with van der Waals surface area (Å²) in [6.45, 7) is 5.45. The topological polar surface area (TPSA) is 140 Å². The minimum absolute atomic E-state index is 0.00297. The fourth-order valence-corrected chi connectivity index (χ4v) is 5.91. The van der Waals surface area contributed by atoms with Crippen molar-refractivity contribution in [3.63, 3.8) is 0 Å². The number of aromatic nitrogens is 1. The van der Waals surface area contributed by atoms with Crippen molar-refractivity contribution in [2.24, 2.45) is 16.8 Å². The van der Waals surface area contributed by atoms with E-state index in [-0.39, 0.29) is 36.4 Å². The van der Waals surface area contributed by atoms with Gasteiger partial charge in [-0.3, -0.25) is 29.7 Å². The Labute approximate surface area is 227 Å². The molecule has 0 radical (unpaired) electrons. The molecule has 4 heterocycles. The van der Waals surface area contributed by atoms with E-state index >= 15 is 4.39 Å². The number of hydrogen-bond donors (Lipinski definition) is 3. The molecule has 2 amide bonds. The minimum Gasteiger partial charge on any atom is -0.364 e. The first kappa shape index (κ1) is 29.2. The number of nitrogens with zero attached hydrogens (tertiary/aromatic N) is 6. The summed E-state index contributed by atoms with van der Waals surface area (Å²) >= 11 is 0. The summed E-state index contributed by atoms with van der Waals surface area (Å²) in [5, 5.41) is 8.44. The summed E-state index contributed by atoms with van der Waals surface area (Å²) < 4.78 is 28.9. The number of nitrogens with one attached hydrogen (secondary N) is 2. The van der Waals surface area contributed by atoms with E-state index in [4.69, 9.17) is 5.73 Å². The summed E-state index contributed by atoms with van der Waals surface area (Å²) in [6, 6.07) is -0.116. The molecule has 3 saturated heterocycles. The van der Waals surface area contributed by atoms with Gasteiger partial charge in [-0.2, -0.15) is 0 Å². The van der Waals surface area contributed by atoms with Crippen molar-refractivity contribution in [3.8, 4) is 0 Å². The number of halogens is 2. The number of carbonyl (C=O) groups is 2. The van der Waals surface area contributed by atoms with Crippen LogP contribution in [0.15, 0.2) is 17.6 Å². The predicted octanol–water partition coefficient (Wildman–Crippen LogP) is 0.549. The molecular weight excluding hydrogens is 512 g/mol. The molecule has 4 N–H and O–H groups in total. The largest absolute Gasteiger partial charge is 0.364 e. The van der Waals surface area contributed by atoms with Gasteiger partial charge in [-0.25, -0.2) is 8.78 Å². The maximum atomic E-state index is 15.1. The second kappa shape index (κ2) is 13.0. The fourth-order valence-electron chi connectivity index (χ4n) is 5.91. The lowest BCUT2D eigenvalue weighted by Gasteiger charge is -2.41. The number of hydrogen-bond acceptors (Lipinski definition) is 10. The Hall–Kier alpha value is -2.81. The van der Waals surface area contributed by atoms with E-state index in [1.54, 1.807) is 16.8 Å². The smallest absolute Gasteiger partial charge is 0.240 e. The maximum Gasteiger partial charge on any atom is 0.240 e. The lowest BCUT2D eigenvalue weighted by Crippen LogP contribution is -2.62. The van der Waals surface area contributed by atoms with Gasteiger partial charge in [0.2, 0.25) is 11.8 Å². The average molecular weight is 552 g/mol. The fraction of sp³-hybridized carbons (Fsp3) is 0.720. The van der Waals surface area contributed by atoms with Gasteiger partial charge in [-0.1, -0.05) is 18.5 Å². The Kier molecular flexibility index (Phi) is 9.75. The van der Waals surface area contributed by atoms with Crippen molar-refractivity contribution in [2.75, 3.05) is 69.6 Å². The predicted molar refractivity (Wildman–Crippen MR) is 143 cm³/mol. The molecular formula is C25H39F2N9O3. The van der Waals surface area contributed by atoms with Crippen LogP contribution < -0.4 is 21.3 Å². The number of piperazine rings is 1. The molecule has 216 valence electrons. The van der Waals surface area contributed by atoms with Crippen molar-refractivity contribution in [2.45, 2.75) is 50.7 Å². The number of likely N-dealkylation sites (N-methyl/N-ethyl adjacent to an activating group) is 1. The lowest BCUT2D eigenvalue weighted by molar-refractivity contribution is -0.138. The zero-order valence-electron chi connectivity index (χ0n) is 22.6. The summed E-state index contributed by atoms with van der Waals surface area (Å²) in [5.41, 5.74) is 6.16. The molecule has 0 bridgehead atoms. The standard InChI is InChI=1S/C25H39F2N9O3/c1-3-34-7-5-4-6-19(34)25(38)36-10-8-35(9-11-36)21-17(27)13-29-14-18(21)31-24(37)20(22(28)32-39)23-30-12-16(26)15-33(23)2/h13-14,16,19-20,22-23,30H,3-12,15,28H2,1-2H3,(H,31,37). The summed E-state index contributed by atoms with van der Waals surface area (Å²) in [6.07, 6.45) is 2.08. The van der Waals surface area contributed by atoms with Crippen molar-refractivity contribution < 1.29 is 18.4 Å². The Morgan fingerprint density at radius 3 is 2.64 bits per heavy atom. The molecule has 39 heavy (non-hydrogen) atoms. The molecule has 0 saturated carbocycles. The number of anilines is 2. The van der Waals surface area contributed by atoms with E-state index in [0.717, 1.165) is 38.5 Å². The first-order valence-electron chi connectivity index (χ1n) is 13.6. The number of nitroso groups, excluding NO2 is 1. The Bertz CT molecular complexity index is 1030. The van der Waals surface area contributed by atoms with Gasteiger partial charge in [0.05, 0.1) is 30.3 Å². The van der Waals surface area contributed by atoms with E-state index < -0.39 is 36.1 Å². The minimum atomic E-state index is -1.41. The first-order chi connectivity index (χ1) is 18.7. The number of nitrogens with two attached hydrogens (primary N) is 1. The van der Waals surface area contributed by atoms with Gasteiger partial charge in [-0.15, -0.1) is 4.91 Å². The number of carbonyl (C=O) groups excluding carboxylic acids is 2. The third-order valence-corrected chi connectivity index (χ3v) is 7.99. The van der Waals surface area contributed by atoms with Crippen molar-refractivity contribution in [3.05, 3.63) is 23.1 Å². The quantitative estimate of drug-likeness (QED) is 0.395. The monoisotopic (exact) mass is 551 g/mol. The van der Waals surface area contributed by atoms with E-state index in [2.05, 4.69) is 32.6 Å². The molecule has 1 aromatic heterocycles. The second-order valence-electron chi connectivity index (χ2n) is 10.5. The Morgan fingerprint density at radius 1 is 1.23 bits per heavy atom. The highest BCUT2D eigenvalue weighted by Crippen LogP contribution is 2.31. The molecule has 12 nitrogen and oxygen atoms in total. The molecule has 3 aliphatic heterocycles. The zero-order valence-corrected chi connectivity index (χ0v) is 22.6. The normalized spacial score (nSPS) is 26.6. The first-order valence-corrected chi connectivity index (χ1v) is 13.6. The molecule has 0 aromatic carbocycles. The van der Waals surface area contributed by atoms with Gasteiger partial charge in [0, 0.05) is 39.3 Å². The second-order valence-corrected chi connectivity index (χ2v) is 10.5. The molecule has 14 heteroatoms. The highest BCUT2D eigenvalue weighted by Gasteiger charge is 2.40. The Balaban J connectivity index is 1.47. The third kappa shape index (κ3) is 6.51. The van der Waals surface area contributed by atoms with Crippen LogP contribution in [0, 0.1) is 16.6 Å². The number of pyridine rings is 1. The van der Waals surface area contributed by atoms with Crippen LogP contribution in [0.2, 0.25) is 0 Å². The highest BCUT2D eigenvalue weighted by molar-refractivity contribution is 5.96. The van der Waals surface area contributed by atoms with Crippen LogP contribution in [-0.2, 0) is 9.59 Å². The average Bonchev–Trinajstić information content (AvgIpc) is 2.94. The van der Waals surface area contributed by atoms with E-state index in [1.165, 1.54) is 6.20 Å². The van der Waals surface area contributed by atoms with E-state index in [9.17, 15) is 18.9 Å². The molecule has 5 unspecified atom stereocenters. The third-order valence-electron chi connectivity index (χ3n) is 7.99. The van der Waals surface area contributed by atoms with Gasteiger partial charge in [0.15, 0.2) is 12.0 Å². The molecule has 5 atom stereocenters. The van der Waals surface area contributed by atoms with Crippen LogP contribution in [0.5, 0.6) is 0 Å². The van der Waals surface area contributed by atoms with Gasteiger partial charge in [0.25, 0.3) is 0 Å². The SMILES string of the molecule is CCN1CCCCC1C(=O)N1CCN(c2c(F)cncc2NC(=O)C(C(N)N=O)C2NCC(F)CN2C)CC1. The molecule has 4 rings (SSSR count). The maximum absolute atomic E-state index is 15.1. The van der Waals surface area contributed by atoms with Crippen molar-refractivity contribution >= 4 is 23.2 Å². The number of amides is 2. The number of likely N-dealkylation sites (tertiary alicyclic amines) is 1. The van der Waals surface area contributed by atoms with Gasteiger partial charge < -0.3 is 20.9 Å². The van der Waals surface area contributed by atoms with E-state index in [0.29, 0.717) is 26.2 Å². The number of piperidine rings is 1. The molecule has 3 aliphatic rings. The van der Waals surface area contributed by atoms with Crippen LogP contribution in [0.1, 0.15) is 26.2 Å². The highest BCUT2D eigenvalue weighted by atomic mass is 19.1. The van der Waals surface area contributed by atoms with Crippen LogP contribution in [0.4, 0.5) is 20.2 Å². The van der Waals surface area contributed by atoms with Crippen LogP contribution in [0.3, 0.4) is 0 Å². The molecule has 0 spiro atoms. The van der Waals surface area contributed by atoms with Crippen molar-refractivity contribution in [1.29, 1.82) is 0 Å². The zero-order chi connectivity index (χ0) is 28.1. The number of alkyl halides is 1. The number of rotatable bonds is 8. The van der Waals surface area contributed by atoms with Crippen LogP contribution >= 0.6 is 0 Å². The molecule has 0 aliphatic carbocycles. The summed E-state index contributed by atoms with van der Waals surface area (Å²) in [7, 11) is 1.62. The van der Waals surface area contributed by atoms with Gasteiger partial charge in [-0.05, 0) is 33.0 Å². The van der Waals surface area contributed by atoms with Crippen LogP contribution in [-0.4, -0.2) is 115 Å².